The first-order valence-electron chi connectivity index (χ1n) is 6.61. The summed E-state index contributed by atoms with van der Waals surface area (Å²) in [7, 11) is 0. The molecule has 0 saturated heterocycles. The van der Waals surface area contributed by atoms with Crippen LogP contribution in [0.5, 0.6) is 0 Å². The van der Waals surface area contributed by atoms with E-state index in [4.69, 9.17) is 0 Å². The van der Waals surface area contributed by atoms with Crippen LogP contribution in [0.1, 0.15) is 53.4 Å². The molecule has 1 nitrogen and oxygen atoms in total. The maximum absolute atomic E-state index is 11.5. The van der Waals surface area contributed by atoms with Crippen molar-refractivity contribution in [2.24, 2.45) is 23.2 Å². The van der Waals surface area contributed by atoms with Crippen LogP contribution in [0.15, 0.2) is 11.6 Å². The molecule has 0 aromatic rings. The summed E-state index contributed by atoms with van der Waals surface area (Å²) in [6.07, 6.45) is 6.44. The summed E-state index contributed by atoms with van der Waals surface area (Å²) in [5.41, 5.74) is 1.87. The first-order chi connectivity index (χ1) is 7.38. The topological polar surface area (TPSA) is 17.1 Å². The van der Waals surface area contributed by atoms with Crippen LogP contribution in [0.3, 0.4) is 0 Å². The van der Waals surface area contributed by atoms with E-state index in [1.807, 2.05) is 6.08 Å². The van der Waals surface area contributed by atoms with E-state index in [0.717, 1.165) is 18.8 Å². The summed E-state index contributed by atoms with van der Waals surface area (Å²) in [6.45, 7) is 9.31. The minimum absolute atomic E-state index is 0.355. The number of fused-ring (bicyclic) bond motifs is 1. The Bertz CT molecular complexity index is 319. The third-order valence-electron chi connectivity index (χ3n) is 4.58. The monoisotopic (exact) mass is 220 g/mol. The minimum atomic E-state index is 0.355. The molecule has 0 aliphatic heterocycles. The Morgan fingerprint density at radius 1 is 1.31 bits per heavy atom. The smallest absolute Gasteiger partial charge is 0.155 e. The summed E-state index contributed by atoms with van der Waals surface area (Å²) >= 11 is 0. The van der Waals surface area contributed by atoms with Crippen LogP contribution in [0.4, 0.5) is 0 Å². The molecule has 2 aliphatic carbocycles. The number of carbonyl (C=O) groups is 1. The third kappa shape index (κ3) is 2.23. The van der Waals surface area contributed by atoms with Crippen LogP contribution in [0.25, 0.3) is 0 Å². The predicted molar refractivity (Wildman–Crippen MR) is 67.2 cm³/mol. The number of allylic oxidation sites excluding steroid dienone is 2. The van der Waals surface area contributed by atoms with Gasteiger partial charge >= 0.3 is 0 Å². The Labute approximate surface area is 99.3 Å². The molecule has 0 aromatic heterocycles. The predicted octanol–water partition coefficient (Wildman–Crippen LogP) is 3.98. The minimum Gasteiger partial charge on any atom is -0.295 e. The largest absolute Gasteiger partial charge is 0.295 e. The molecule has 90 valence electrons. The molecule has 1 heteroatoms. The fourth-order valence-corrected chi connectivity index (χ4v) is 3.39. The molecule has 0 heterocycles. The van der Waals surface area contributed by atoms with Gasteiger partial charge in [-0.05, 0) is 48.5 Å². The van der Waals surface area contributed by atoms with E-state index >= 15 is 0 Å². The van der Waals surface area contributed by atoms with Crippen LogP contribution in [0.2, 0.25) is 0 Å². The maximum Gasteiger partial charge on any atom is 0.155 e. The van der Waals surface area contributed by atoms with Gasteiger partial charge in [-0.15, -0.1) is 0 Å². The molecule has 0 aromatic carbocycles. The van der Waals surface area contributed by atoms with Crippen molar-refractivity contribution in [2.45, 2.75) is 53.4 Å². The highest BCUT2D eigenvalue weighted by molar-refractivity contribution is 5.91. The Hall–Kier alpha value is -0.590. The number of ketones is 1. The third-order valence-corrected chi connectivity index (χ3v) is 4.58. The Balaban J connectivity index is 2.16. The van der Waals surface area contributed by atoms with Gasteiger partial charge in [-0.25, -0.2) is 0 Å². The van der Waals surface area contributed by atoms with Crippen molar-refractivity contribution in [3.63, 3.8) is 0 Å². The van der Waals surface area contributed by atoms with Crippen LogP contribution in [0, 0.1) is 23.2 Å². The van der Waals surface area contributed by atoms with Crippen molar-refractivity contribution in [3.8, 4) is 0 Å². The molecule has 1 saturated carbocycles. The summed E-state index contributed by atoms with van der Waals surface area (Å²) in [5, 5.41) is 0. The van der Waals surface area contributed by atoms with Gasteiger partial charge in [0, 0.05) is 6.42 Å². The van der Waals surface area contributed by atoms with Gasteiger partial charge in [0.15, 0.2) is 5.78 Å². The first-order valence-corrected chi connectivity index (χ1v) is 6.61. The fraction of sp³-hybridized carbons (Fsp3) is 0.800. The lowest BCUT2D eigenvalue weighted by molar-refractivity contribution is -0.116. The highest BCUT2D eigenvalue weighted by atomic mass is 16.1. The first kappa shape index (κ1) is 11.9. The average molecular weight is 220 g/mol. The second-order valence-electron chi connectivity index (χ2n) is 6.81. The lowest BCUT2D eigenvalue weighted by atomic mass is 9.63. The zero-order valence-electron chi connectivity index (χ0n) is 11.0. The lowest BCUT2D eigenvalue weighted by Crippen LogP contribution is -2.33. The summed E-state index contributed by atoms with van der Waals surface area (Å²) in [4.78, 5) is 11.5. The highest BCUT2D eigenvalue weighted by Gasteiger charge is 2.37. The van der Waals surface area contributed by atoms with E-state index in [9.17, 15) is 4.79 Å². The van der Waals surface area contributed by atoms with Gasteiger partial charge in [0.1, 0.15) is 0 Å². The van der Waals surface area contributed by atoms with E-state index in [-0.39, 0.29) is 0 Å². The molecular weight excluding hydrogens is 196 g/mol. The second kappa shape index (κ2) is 4.01. The van der Waals surface area contributed by atoms with Gasteiger partial charge in [-0.1, -0.05) is 33.3 Å². The van der Waals surface area contributed by atoms with Crippen LogP contribution in [-0.4, -0.2) is 5.78 Å². The zero-order chi connectivity index (χ0) is 11.9. The van der Waals surface area contributed by atoms with Crippen LogP contribution >= 0.6 is 0 Å². The molecule has 0 bridgehead atoms. The summed E-state index contributed by atoms with van der Waals surface area (Å²) in [6, 6.07) is 0. The second-order valence-corrected chi connectivity index (χ2v) is 6.81. The summed E-state index contributed by atoms with van der Waals surface area (Å²) in [5.74, 6) is 2.44. The molecular formula is C15H24O. The van der Waals surface area contributed by atoms with Crippen LogP contribution in [-0.2, 0) is 4.79 Å². The maximum atomic E-state index is 11.5. The van der Waals surface area contributed by atoms with Gasteiger partial charge in [0.25, 0.3) is 0 Å². The van der Waals surface area contributed by atoms with E-state index in [0.29, 0.717) is 23.0 Å². The molecule has 2 aliphatic rings. The van der Waals surface area contributed by atoms with Crippen molar-refractivity contribution in [3.05, 3.63) is 11.6 Å². The van der Waals surface area contributed by atoms with Crippen molar-refractivity contribution in [1.82, 2.24) is 0 Å². The molecule has 0 amide bonds. The number of hydrogen-bond acceptors (Lipinski definition) is 1. The number of rotatable bonds is 0. The van der Waals surface area contributed by atoms with E-state index in [1.54, 1.807) is 0 Å². The lowest BCUT2D eigenvalue weighted by Gasteiger charge is -2.42. The van der Waals surface area contributed by atoms with Crippen molar-refractivity contribution < 1.29 is 4.79 Å². The molecule has 1 unspecified atom stereocenters. The Kier molecular flexibility index (Phi) is 2.98. The van der Waals surface area contributed by atoms with Crippen molar-refractivity contribution in [1.29, 1.82) is 0 Å². The normalized spacial score (nSPS) is 35.6. The molecule has 0 N–H and O–H groups in total. The Morgan fingerprint density at radius 3 is 2.62 bits per heavy atom. The molecule has 2 rings (SSSR count). The highest BCUT2D eigenvalue weighted by Crippen LogP contribution is 2.47. The molecule has 16 heavy (non-hydrogen) atoms. The van der Waals surface area contributed by atoms with E-state index in [1.165, 1.54) is 18.4 Å². The van der Waals surface area contributed by atoms with Crippen LogP contribution < -0.4 is 0 Å². The van der Waals surface area contributed by atoms with Crippen molar-refractivity contribution >= 4 is 5.78 Å². The molecule has 0 spiro atoms. The zero-order valence-corrected chi connectivity index (χ0v) is 11.0. The van der Waals surface area contributed by atoms with Gasteiger partial charge in [0.05, 0.1) is 0 Å². The van der Waals surface area contributed by atoms with Gasteiger partial charge in [-0.2, -0.15) is 0 Å². The SMILES string of the molecule is C[C@@H]1CC(=O)C=C2CC[C@@H](C(C)(C)C)CC21. The standard InChI is InChI=1S/C15H24O/c1-10-7-13(16)8-11-5-6-12(9-14(10)11)15(2,3)4/h8,10,12,14H,5-7,9H2,1-4H3/t10-,12-,14?/m1/s1. The number of carbonyl (C=O) groups excluding carboxylic acids is 1. The van der Waals surface area contributed by atoms with E-state index < -0.39 is 0 Å². The van der Waals surface area contributed by atoms with Gasteiger partial charge < -0.3 is 0 Å². The Morgan fingerprint density at radius 2 is 2.00 bits per heavy atom. The van der Waals surface area contributed by atoms with Gasteiger partial charge in [0.2, 0.25) is 0 Å². The fourth-order valence-electron chi connectivity index (χ4n) is 3.39. The van der Waals surface area contributed by atoms with Crippen molar-refractivity contribution in [2.75, 3.05) is 0 Å². The average Bonchev–Trinajstić information content (AvgIpc) is 2.15. The molecule has 0 radical (unpaired) electrons. The van der Waals surface area contributed by atoms with E-state index in [2.05, 4.69) is 27.7 Å². The number of hydrogen-bond donors (Lipinski definition) is 0. The summed E-state index contributed by atoms with van der Waals surface area (Å²) < 4.78 is 0. The quantitative estimate of drug-likeness (QED) is 0.603. The molecule has 1 fully saturated rings. The molecule has 3 atom stereocenters. The van der Waals surface area contributed by atoms with Gasteiger partial charge in [-0.3, -0.25) is 4.79 Å².